The second-order valence-corrected chi connectivity index (χ2v) is 4.59. The first kappa shape index (κ1) is 12.4. The number of benzene rings is 1. The van der Waals surface area contributed by atoms with Crippen LogP contribution in [0.1, 0.15) is 31.7 Å². The van der Waals surface area contributed by atoms with Crippen LogP contribution in [0.3, 0.4) is 0 Å². The number of carbonyl (C=O) groups is 2. The van der Waals surface area contributed by atoms with E-state index in [2.05, 4.69) is 5.32 Å². The molecular formula is C13H16N2O3. The molecule has 0 spiro atoms. The first-order chi connectivity index (χ1) is 8.49. The highest BCUT2D eigenvalue weighted by atomic mass is 16.3. The van der Waals surface area contributed by atoms with Gasteiger partial charge in [0.15, 0.2) is 0 Å². The number of carbonyl (C=O) groups excluding carboxylic acids is 2. The number of phenolic OH excluding ortho intramolecular Hbond substituents is 1. The number of phenols is 1. The van der Waals surface area contributed by atoms with Crippen LogP contribution in [0.15, 0.2) is 18.2 Å². The lowest BCUT2D eigenvalue weighted by Gasteiger charge is -2.35. The summed E-state index contributed by atoms with van der Waals surface area (Å²) >= 11 is 0. The number of hydrogen-bond donors (Lipinski definition) is 3. The molecule has 5 nitrogen and oxygen atoms in total. The average Bonchev–Trinajstić information content (AvgIpc) is 2.34. The second-order valence-electron chi connectivity index (χ2n) is 4.59. The van der Waals surface area contributed by atoms with E-state index >= 15 is 0 Å². The summed E-state index contributed by atoms with van der Waals surface area (Å²) in [7, 11) is 0. The molecular weight excluding hydrogens is 232 g/mol. The maximum atomic E-state index is 12.1. The molecule has 0 radical (unpaired) electrons. The van der Waals surface area contributed by atoms with Crippen LogP contribution in [-0.2, 0) is 15.0 Å². The molecule has 1 fully saturated rings. The summed E-state index contributed by atoms with van der Waals surface area (Å²) in [5.74, 6) is -0.584. The Kier molecular flexibility index (Phi) is 2.98. The number of hydrogen-bond acceptors (Lipinski definition) is 4. The molecule has 2 amide bonds. The minimum absolute atomic E-state index is 0.0370. The quantitative estimate of drug-likeness (QED) is 0.414. The van der Waals surface area contributed by atoms with Gasteiger partial charge >= 0.3 is 0 Å². The maximum Gasteiger partial charge on any atom is 0.237 e. The Labute approximate surface area is 105 Å². The molecule has 0 saturated carbocycles. The van der Waals surface area contributed by atoms with Gasteiger partial charge in [0.05, 0.1) is 11.1 Å². The third kappa shape index (κ3) is 1.81. The average molecular weight is 248 g/mol. The molecule has 1 atom stereocenters. The zero-order valence-corrected chi connectivity index (χ0v) is 10.2. The van der Waals surface area contributed by atoms with E-state index in [1.807, 2.05) is 6.92 Å². The predicted molar refractivity (Wildman–Crippen MR) is 66.9 cm³/mol. The lowest BCUT2D eigenvalue weighted by atomic mass is 9.72. The normalized spacial score (nSPS) is 23.8. The van der Waals surface area contributed by atoms with Gasteiger partial charge in [0.25, 0.3) is 0 Å². The monoisotopic (exact) mass is 248 g/mol. The van der Waals surface area contributed by atoms with Crippen LogP contribution in [0.25, 0.3) is 0 Å². The molecule has 1 aliphatic heterocycles. The molecule has 18 heavy (non-hydrogen) atoms. The summed E-state index contributed by atoms with van der Waals surface area (Å²) in [5.41, 5.74) is 5.78. The van der Waals surface area contributed by atoms with Crippen molar-refractivity contribution in [1.82, 2.24) is 5.32 Å². The molecule has 1 saturated heterocycles. The number of rotatable bonds is 2. The van der Waals surface area contributed by atoms with Crippen molar-refractivity contribution in [2.24, 2.45) is 0 Å². The number of nitrogens with one attached hydrogen (secondary N) is 1. The van der Waals surface area contributed by atoms with Crippen LogP contribution >= 0.6 is 0 Å². The van der Waals surface area contributed by atoms with E-state index < -0.39 is 5.41 Å². The number of imide groups is 1. The van der Waals surface area contributed by atoms with Crippen molar-refractivity contribution in [2.75, 3.05) is 5.73 Å². The molecule has 0 bridgehead atoms. The fourth-order valence-corrected chi connectivity index (χ4v) is 2.41. The highest BCUT2D eigenvalue weighted by Gasteiger charge is 2.42. The molecule has 1 aromatic carbocycles. The van der Waals surface area contributed by atoms with Gasteiger partial charge < -0.3 is 10.8 Å². The highest BCUT2D eigenvalue weighted by molar-refractivity contribution is 6.03. The Hall–Kier alpha value is -2.04. The Balaban J connectivity index is 2.46. The SMILES string of the molecule is CC[C@]1(c2ccc(N)c(O)c2)CCC(=O)NC1=O. The fraction of sp³-hybridized carbons (Fsp3) is 0.385. The molecule has 0 aliphatic carbocycles. The van der Waals surface area contributed by atoms with E-state index in [0.717, 1.165) is 0 Å². The van der Waals surface area contributed by atoms with Gasteiger partial charge in [0, 0.05) is 6.42 Å². The van der Waals surface area contributed by atoms with Crippen molar-refractivity contribution in [1.29, 1.82) is 0 Å². The number of nitrogen functional groups attached to an aromatic ring is 1. The molecule has 4 N–H and O–H groups in total. The minimum Gasteiger partial charge on any atom is -0.506 e. The maximum absolute atomic E-state index is 12.1. The van der Waals surface area contributed by atoms with Crippen LogP contribution in [0.2, 0.25) is 0 Å². The van der Waals surface area contributed by atoms with Gasteiger partial charge in [-0.2, -0.15) is 0 Å². The molecule has 2 rings (SSSR count). The van der Waals surface area contributed by atoms with Crippen molar-refractivity contribution in [3.63, 3.8) is 0 Å². The predicted octanol–water partition coefficient (Wildman–Crippen LogP) is 1.06. The van der Waals surface area contributed by atoms with Crippen LogP contribution in [-0.4, -0.2) is 16.9 Å². The molecule has 1 aliphatic rings. The van der Waals surface area contributed by atoms with Gasteiger partial charge in [-0.15, -0.1) is 0 Å². The molecule has 1 heterocycles. The molecule has 1 aromatic rings. The lowest BCUT2D eigenvalue weighted by molar-refractivity contribution is -0.138. The first-order valence-corrected chi connectivity index (χ1v) is 5.93. The van der Waals surface area contributed by atoms with Crippen molar-refractivity contribution >= 4 is 17.5 Å². The van der Waals surface area contributed by atoms with Crippen LogP contribution in [0, 0.1) is 0 Å². The number of piperidine rings is 1. The van der Waals surface area contributed by atoms with Gasteiger partial charge in [-0.25, -0.2) is 0 Å². The second kappa shape index (κ2) is 4.33. The van der Waals surface area contributed by atoms with Crippen LogP contribution < -0.4 is 11.1 Å². The summed E-state index contributed by atoms with van der Waals surface area (Å²) in [6, 6.07) is 4.81. The first-order valence-electron chi connectivity index (χ1n) is 5.93. The Morgan fingerprint density at radius 2 is 2.17 bits per heavy atom. The zero-order valence-electron chi connectivity index (χ0n) is 10.2. The third-order valence-corrected chi connectivity index (χ3v) is 3.65. The Bertz CT molecular complexity index is 513. The lowest BCUT2D eigenvalue weighted by Crippen LogP contribution is -2.51. The van der Waals surface area contributed by atoms with Crippen LogP contribution in [0.5, 0.6) is 5.75 Å². The van der Waals surface area contributed by atoms with E-state index in [4.69, 9.17) is 5.73 Å². The Morgan fingerprint density at radius 1 is 1.44 bits per heavy atom. The van der Waals surface area contributed by atoms with Gasteiger partial charge in [-0.3, -0.25) is 14.9 Å². The van der Waals surface area contributed by atoms with E-state index in [1.54, 1.807) is 12.1 Å². The van der Waals surface area contributed by atoms with Crippen molar-refractivity contribution in [3.8, 4) is 5.75 Å². The molecule has 5 heteroatoms. The van der Waals surface area contributed by atoms with Crippen molar-refractivity contribution in [2.45, 2.75) is 31.6 Å². The van der Waals surface area contributed by atoms with Crippen molar-refractivity contribution < 1.29 is 14.7 Å². The third-order valence-electron chi connectivity index (χ3n) is 3.65. The zero-order chi connectivity index (χ0) is 13.3. The minimum atomic E-state index is -0.751. The van der Waals surface area contributed by atoms with Crippen LogP contribution in [0.4, 0.5) is 5.69 Å². The number of nitrogens with two attached hydrogens (primary N) is 1. The van der Waals surface area contributed by atoms with E-state index in [1.165, 1.54) is 6.07 Å². The van der Waals surface area contributed by atoms with Gasteiger partial charge in [-0.1, -0.05) is 13.0 Å². The van der Waals surface area contributed by atoms with E-state index in [-0.39, 0.29) is 23.3 Å². The summed E-state index contributed by atoms with van der Waals surface area (Å²) in [5, 5.41) is 12.0. The van der Waals surface area contributed by atoms with Crippen molar-refractivity contribution in [3.05, 3.63) is 23.8 Å². The van der Waals surface area contributed by atoms with Gasteiger partial charge in [0.1, 0.15) is 5.75 Å². The van der Waals surface area contributed by atoms with Gasteiger partial charge in [0.2, 0.25) is 11.8 Å². The largest absolute Gasteiger partial charge is 0.506 e. The summed E-state index contributed by atoms with van der Waals surface area (Å²) in [4.78, 5) is 23.3. The van der Waals surface area contributed by atoms with E-state index in [9.17, 15) is 14.7 Å². The summed E-state index contributed by atoms with van der Waals surface area (Å²) in [6.07, 6.45) is 1.33. The number of aromatic hydroxyl groups is 1. The Morgan fingerprint density at radius 3 is 2.72 bits per heavy atom. The molecule has 96 valence electrons. The number of amides is 2. The van der Waals surface area contributed by atoms with E-state index in [0.29, 0.717) is 24.8 Å². The standard InChI is InChI=1S/C13H16N2O3/c1-2-13(6-5-11(17)15-12(13)18)8-3-4-9(14)10(16)7-8/h3-4,7,16H,2,5-6,14H2,1H3,(H,15,17,18)/t13-/m1/s1. The molecule has 0 aromatic heterocycles. The number of anilines is 1. The highest BCUT2D eigenvalue weighted by Crippen LogP contribution is 2.38. The summed E-state index contributed by atoms with van der Waals surface area (Å²) < 4.78 is 0. The fourth-order valence-electron chi connectivity index (χ4n) is 2.41. The van der Waals surface area contributed by atoms with Gasteiger partial charge in [-0.05, 0) is 30.5 Å². The summed E-state index contributed by atoms with van der Waals surface area (Å²) in [6.45, 7) is 1.89. The topological polar surface area (TPSA) is 92.4 Å². The molecule has 0 unspecified atom stereocenters. The smallest absolute Gasteiger partial charge is 0.237 e.